The van der Waals surface area contributed by atoms with E-state index in [1.54, 1.807) is 6.07 Å². The van der Waals surface area contributed by atoms with Crippen LogP contribution in [-0.2, 0) is 9.53 Å². The summed E-state index contributed by atoms with van der Waals surface area (Å²) in [5.41, 5.74) is 8.75. The number of rotatable bonds is 5. The highest BCUT2D eigenvalue weighted by Gasteiger charge is 2.32. The molecule has 3 rings (SSSR count). The van der Waals surface area contributed by atoms with E-state index in [1.807, 2.05) is 19.9 Å². The lowest BCUT2D eigenvalue weighted by molar-refractivity contribution is -0.123. The van der Waals surface area contributed by atoms with Crippen molar-refractivity contribution in [3.63, 3.8) is 0 Å². The maximum absolute atomic E-state index is 12.8. The first-order valence-electron chi connectivity index (χ1n) is 9.62. The predicted molar refractivity (Wildman–Crippen MR) is 113 cm³/mol. The number of hydrogen-bond donors (Lipinski definition) is 2. The Labute approximate surface area is 171 Å². The maximum Gasteiger partial charge on any atom is 0.336 e. The Morgan fingerprint density at radius 1 is 1.25 bits per heavy atom. The minimum absolute atomic E-state index is 0. The average Bonchev–Trinajstić information content (AvgIpc) is 2.62. The van der Waals surface area contributed by atoms with E-state index >= 15 is 0 Å². The fourth-order valence-corrected chi connectivity index (χ4v) is 3.69. The van der Waals surface area contributed by atoms with E-state index in [9.17, 15) is 9.59 Å². The smallest absolute Gasteiger partial charge is 0.336 e. The number of amides is 1. The Morgan fingerprint density at radius 3 is 2.71 bits per heavy atom. The van der Waals surface area contributed by atoms with Crippen LogP contribution in [0, 0.1) is 19.8 Å². The summed E-state index contributed by atoms with van der Waals surface area (Å²) >= 11 is 0. The van der Waals surface area contributed by atoms with Gasteiger partial charge in [0, 0.05) is 35.7 Å². The van der Waals surface area contributed by atoms with Crippen molar-refractivity contribution >= 4 is 35.0 Å². The summed E-state index contributed by atoms with van der Waals surface area (Å²) in [6.07, 6.45) is 3.07. The van der Waals surface area contributed by atoms with Gasteiger partial charge in [0.25, 0.3) is 0 Å². The highest BCUT2D eigenvalue weighted by Crippen LogP contribution is 2.29. The standard InChI is InChI=1S/C21H28N2O4.ClH/c1-4-7-26-19-10-14(5-6-16(19)22)21(25)23-17-11-15-12(2)9-20(24)27-18(15)8-13(17)3;/h8-9,11,14,16,19H,4-7,10,22H2,1-3H3,(H,23,25);1H/t14-,16+,19+;/m0./s1. The van der Waals surface area contributed by atoms with E-state index < -0.39 is 0 Å². The third kappa shape index (κ3) is 4.93. The Balaban J connectivity index is 0.00000280. The predicted octanol–water partition coefficient (Wildman–Crippen LogP) is 3.69. The van der Waals surface area contributed by atoms with Gasteiger partial charge in [0.1, 0.15) is 5.58 Å². The van der Waals surface area contributed by atoms with E-state index in [0.717, 1.165) is 41.5 Å². The van der Waals surface area contributed by atoms with E-state index in [1.165, 1.54) is 6.07 Å². The number of hydrogen-bond acceptors (Lipinski definition) is 5. The molecule has 6 nitrogen and oxygen atoms in total. The summed E-state index contributed by atoms with van der Waals surface area (Å²) in [5, 5.41) is 3.87. The van der Waals surface area contributed by atoms with Gasteiger partial charge in [-0.25, -0.2) is 4.79 Å². The molecule has 0 radical (unpaired) electrons. The van der Waals surface area contributed by atoms with Crippen LogP contribution in [0.15, 0.2) is 27.4 Å². The van der Waals surface area contributed by atoms with Crippen molar-refractivity contribution in [1.82, 2.24) is 0 Å². The molecule has 3 atom stereocenters. The summed E-state index contributed by atoms with van der Waals surface area (Å²) < 4.78 is 11.1. The number of nitrogens with one attached hydrogen (secondary N) is 1. The summed E-state index contributed by atoms with van der Waals surface area (Å²) in [7, 11) is 0. The van der Waals surface area contributed by atoms with Crippen molar-refractivity contribution < 1.29 is 13.9 Å². The van der Waals surface area contributed by atoms with Gasteiger partial charge >= 0.3 is 5.63 Å². The molecule has 3 N–H and O–H groups in total. The number of aryl methyl sites for hydroxylation is 2. The SMILES string of the molecule is CCCO[C@@H]1C[C@@H](C(=O)Nc2cc3c(C)cc(=O)oc3cc2C)CC[C@H]1N.Cl. The van der Waals surface area contributed by atoms with Crippen molar-refractivity contribution in [2.75, 3.05) is 11.9 Å². The van der Waals surface area contributed by atoms with E-state index in [-0.39, 0.29) is 42.0 Å². The van der Waals surface area contributed by atoms with E-state index in [4.69, 9.17) is 14.9 Å². The highest BCUT2D eigenvalue weighted by atomic mass is 35.5. The molecule has 1 aromatic carbocycles. The summed E-state index contributed by atoms with van der Waals surface area (Å²) in [4.78, 5) is 24.4. The number of halogens is 1. The third-order valence-corrected chi connectivity index (χ3v) is 5.30. The average molecular weight is 409 g/mol. The van der Waals surface area contributed by atoms with Crippen molar-refractivity contribution in [3.05, 3.63) is 39.7 Å². The summed E-state index contributed by atoms with van der Waals surface area (Å²) in [5.74, 6) is -0.124. The fraction of sp³-hybridized carbons (Fsp3) is 0.524. The normalized spacial score (nSPS) is 21.9. The Bertz CT molecular complexity index is 896. The number of ether oxygens (including phenoxy) is 1. The van der Waals surface area contributed by atoms with Crippen LogP contribution in [0.1, 0.15) is 43.7 Å². The number of carbonyl (C=O) groups excluding carboxylic acids is 1. The fourth-order valence-electron chi connectivity index (χ4n) is 3.69. The van der Waals surface area contributed by atoms with Gasteiger partial charge in [0.2, 0.25) is 5.91 Å². The number of fused-ring (bicyclic) bond motifs is 1. The monoisotopic (exact) mass is 408 g/mol. The molecule has 1 aliphatic rings. The topological polar surface area (TPSA) is 94.6 Å². The molecule has 0 spiro atoms. The zero-order valence-electron chi connectivity index (χ0n) is 16.6. The summed E-state index contributed by atoms with van der Waals surface area (Å²) in [6, 6.07) is 5.12. The van der Waals surface area contributed by atoms with Gasteiger partial charge in [0.05, 0.1) is 6.10 Å². The zero-order chi connectivity index (χ0) is 19.6. The lowest BCUT2D eigenvalue weighted by Gasteiger charge is -2.33. The van der Waals surface area contributed by atoms with Crippen LogP contribution in [0.5, 0.6) is 0 Å². The van der Waals surface area contributed by atoms with Crippen LogP contribution >= 0.6 is 12.4 Å². The first-order chi connectivity index (χ1) is 12.9. The molecule has 1 aliphatic carbocycles. The summed E-state index contributed by atoms with van der Waals surface area (Å²) in [6.45, 7) is 6.48. The molecule has 2 aromatic rings. The molecule has 1 fully saturated rings. The second-order valence-electron chi connectivity index (χ2n) is 7.48. The Morgan fingerprint density at radius 2 is 2.00 bits per heavy atom. The largest absolute Gasteiger partial charge is 0.423 e. The second kappa shape index (κ2) is 9.54. The van der Waals surface area contributed by atoms with Gasteiger partial charge in [-0.3, -0.25) is 4.79 Å². The molecule has 0 unspecified atom stereocenters. The van der Waals surface area contributed by atoms with Crippen LogP contribution in [0.25, 0.3) is 11.0 Å². The molecular weight excluding hydrogens is 380 g/mol. The number of benzene rings is 1. The molecule has 1 heterocycles. The number of anilines is 1. The number of nitrogens with two attached hydrogens (primary N) is 1. The first kappa shape index (κ1) is 22.4. The molecule has 154 valence electrons. The van der Waals surface area contributed by atoms with Crippen LogP contribution in [0.3, 0.4) is 0 Å². The molecule has 1 saturated carbocycles. The quantitative estimate of drug-likeness (QED) is 0.735. The van der Waals surface area contributed by atoms with Crippen molar-refractivity contribution in [1.29, 1.82) is 0 Å². The van der Waals surface area contributed by atoms with E-state index in [0.29, 0.717) is 18.6 Å². The highest BCUT2D eigenvalue weighted by molar-refractivity contribution is 5.96. The lowest BCUT2D eigenvalue weighted by atomic mass is 9.83. The van der Waals surface area contributed by atoms with Gasteiger partial charge in [-0.05, 0) is 62.8 Å². The van der Waals surface area contributed by atoms with Gasteiger partial charge < -0.3 is 20.2 Å². The lowest BCUT2D eigenvalue weighted by Crippen LogP contribution is -2.44. The molecule has 7 heteroatoms. The molecule has 0 saturated heterocycles. The van der Waals surface area contributed by atoms with Gasteiger partial charge in [-0.1, -0.05) is 6.92 Å². The van der Waals surface area contributed by atoms with Gasteiger partial charge in [0.15, 0.2) is 0 Å². The molecule has 0 aliphatic heterocycles. The minimum Gasteiger partial charge on any atom is -0.423 e. The minimum atomic E-state index is -0.368. The van der Waals surface area contributed by atoms with Crippen molar-refractivity contribution in [2.45, 2.75) is 58.6 Å². The van der Waals surface area contributed by atoms with Crippen LogP contribution in [0.2, 0.25) is 0 Å². The Hall–Kier alpha value is -1.89. The Kier molecular flexibility index (Phi) is 7.63. The zero-order valence-corrected chi connectivity index (χ0v) is 17.4. The van der Waals surface area contributed by atoms with Gasteiger partial charge in [-0.2, -0.15) is 0 Å². The molecular formula is C21H29ClN2O4. The molecule has 0 bridgehead atoms. The second-order valence-corrected chi connectivity index (χ2v) is 7.48. The van der Waals surface area contributed by atoms with Gasteiger partial charge in [-0.15, -0.1) is 12.4 Å². The maximum atomic E-state index is 12.8. The first-order valence-corrected chi connectivity index (χ1v) is 9.62. The van der Waals surface area contributed by atoms with Crippen molar-refractivity contribution in [3.8, 4) is 0 Å². The van der Waals surface area contributed by atoms with Crippen LogP contribution < -0.4 is 16.7 Å². The third-order valence-electron chi connectivity index (χ3n) is 5.30. The van der Waals surface area contributed by atoms with Crippen LogP contribution in [0.4, 0.5) is 5.69 Å². The van der Waals surface area contributed by atoms with E-state index in [2.05, 4.69) is 12.2 Å². The van der Waals surface area contributed by atoms with Crippen LogP contribution in [-0.4, -0.2) is 24.7 Å². The van der Waals surface area contributed by atoms with Crippen molar-refractivity contribution in [2.24, 2.45) is 11.7 Å². The molecule has 1 aromatic heterocycles. The molecule has 28 heavy (non-hydrogen) atoms. The molecule has 1 amide bonds. The number of carbonyl (C=O) groups is 1.